The Bertz CT molecular complexity index is 931. The highest BCUT2D eigenvalue weighted by Crippen LogP contribution is 2.26. The number of aliphatic imine (C=N–C) groups is 1. The van der Waals surface area contributed by atoms with Crippen LogP contribution in [0.1, 0.15) is 15.9 Å². The van der Waals surface area contributed by atoms with Crippen molar-refractivity contribution in [1.29, 1.82) is 0 Å². The quantitative estimate of drug-likeness (QED) is 0.364. The van der Waals surface area contributed by atoms with Crippen LogP contribution in [0.4, 0.5) is 5.69 Å². The van der Waals surface area contributed by atoms with Gasteiger partial charge < -0.3 is 14.2 Å². The lowest BCUT2D eigenvalue weighted by atomic mass is 10.2. The molecule has 3 aromatic rings. The van der Waals surface area contributed by atoms with Crippen molar-refractivity contribution in [2.75, 3.05) is 14.2 Å². The molecule has 0 aliphatic rings. The molecule has 0 aromatic heterocycles. The monoisotopic (exact) mass is 361 g/mol. The molecule has 5 heteroatoms. The van der Waals surface area contributed by atoms with Crippen molar-refractivity contribution in [2.45, 2.75) is 0 Å². The van der Waals surface area contributed by atoms with Crippen LogP contribution < -0.4 is 14.2 Å². The summed E-state index contributed by atoms with van der Waals surface area (Å²) in [6.45, 7) is 0. The van der Waals surface area contributed by atoms with E-state index in [0.29, 0.717) is 22.8 Å². The van der Waals surface area contributed by atoms with Gasteiger partial charge in [-0.25, -0.2) is 4.79 Å². The molecule has 0 fully saturated rings. The maximum Gasteiger partial charge on any atom is 0.343 e. The van der Waals surface area contributed by atoms with E-state index in [1.165, 1.54) is 0 Å². The summed E-state index contributed by atoms with van der Waals surface area (Å²) < 4.78 is 15.7. The maximum absolute atomic E-state index is 12.2. The Morgan fingerprint density at radius 2 is 1.48 bits per heavy atom. The zero-order chi connectivity index (χ0) is 19.1. The van der Waals surface area contributed by atoms with Gasteiger partial charge in [-0.2, -0.15) is 0 Å². The number of methoxy groups -OCH3 is 2. The Morgan fingerprint density at radius 3 is 2.15 bits per heavy atom. The number of hydrogen-bond donors (Lipinski definition) is 0. The minimum Gasteiger partial charge on any atom is -0.497 e. The highest BCUT2D eigenvalue weighted by atomic mass is 16.5. The lowest BCUT2D eigenvalue weighted by Gasteiger charge is -2.06. The van der Waals surface area contributed by atoms with Crippen LogP contribution in [0.2, 0.25) is 0 Å². The molecule has 0 N–H and O–H groups in total. The van der Waals surface area contributed by atoms with E-state index in [-0.39, 0.29) is 0 Å². The predicted molar refractivity (Wildman–Crippen MR) is 105 cm³/mol. The third kappa shape index (κ3) is 4.73. The zero-order valence-corrected chi connectivity index (χ0v) is 15.1. The lowest BCUT2D eigenvalue weighted by Crippen LogP contribution is -2.08. The first-order valence-corrected chi connectivity index (χ1v) is 8.33. The smallest absolute Gasteiger partial charge is 0.343 e. The molecule has 0 saturated heterocycles. The van der Waals surface area contributed by atoms with Gasteiger partial charge in [-0.05, 0) is 66.2 Å². The molecule has 0 spiro atoms. The van der Waals surface area contributed by atoms with Gasteiger partial charge in [0.15, 0.2) is 0 Å². The van der Waals surface area contributed by atoms with Crippen molar-refractivity contribution in [3.8, 4) is 17.2 Å². The fourth-order valence-electron chi connectivity index (χ4n) is 2.40. The van der Waals surface area contributed by atoms with E-state index < -0.39 is 5.97 Å². The third-order valence-corrected chi connectivity index (χ3v) is 3.85. The Hall–Kier alpha value is -3.60. The SMILES string of the molecule is COc1ccc(C(=O)Oc2ccc(C=Nc3ccccc3OC)cc2)cc1. The second-order valence-corrected chi connectivity index (χ2v) is 5.62. The van der Waals surface area contributed by atoms with E-state index in [1.54, 1.807) is 56.8 Å². The van der Waals surface area contributed by atoms with Crippen molar-refractivity contribution < 1.29 is 19.0 Å². The Labute approximate surface area is 157 Å². The van der Waals surface area contributed by atoms with Crippen molar-refractivity contribution in [1.82, 2.24) is 0 Å². The van der Waals surface area contributed by atoms with Gasteiger partial charge in [-0.15, -0.1) is 0 Å². The molecule has 0 heterocycles. The van der Waals surface area contributed by atoms with Crippen molar-refractivity contribution in [2.24, 2.45) is 4.99 Å². The number of nitrogens with zero attached hydrogens (tertiary/aromatic N) is 1. The van der Waals surface area contributed by atoms with Crippen LogP contribution in [0, 0.1) is 0 Å². The van der Waals surface area contributed by atoms with Gasteiger partial charge >= 0.3 is 5.97 Å². The number of esters is 1. The lowest BCUT2D eigenvalue weighted by molar-refractivity contribution is 0.0734. The molecule has 0 aliphatic carbocycles. The summed E-state index contributed by atoms with van der Waals surface area (Å²) in [5.74, 6) is 1.43. The summed E-state index contributed by atoms with van der Waals surface area (Å²) >= 11 is 0. The molecule has 5 nitrogen and oxygen atoms in total. The van der Waals surface area contributed by atoms with Crippen LogP contribution in [0.3, 0.4) is 0 Å². The molecule has 0 amide bonds. The topological polar surface area (TPSA) is 57.1 Å². The molecule has 0 unspecified atom stereocenters. The molecule has 0 saturated carbocycles. The number of para-hydroxylation sites is 2. The molecule has 136 valence electrons. The molecule has 27 heavy (non-hydrogen) atoms. The van der Waals surface area contributed by atoms with E-state index in [0.717, 1.165) is 11.3 Å². The fraction of sp³-hybridized carbons (Fsp3) is 0.0909. The fourth-order valence-corrected chi connectivity index (χ4v) is 2.40. The molecular weight excluding hydrogens is 342 g/mol. The summed E-state index contributed by atoms with van der Waals surface area (Å²) in [5, 5.41) is 0. The molecule has 0 aliphatic heterocycles. The van der Waals surface area contributed by atoms with Gasteiger partial charge in [0.1, 0.15) is 22.9 Å². The number of ether oxygens (including phenoxy) is 3. The molecule has 0 radical (unpaired) electrons. The van der Waals surface area contributed by atoms with E-state index in [1.807, 2.05) is 36.4 Å². The predicted octanol–water partition coefficient (Wildman–Crippen LogP) is 4.67. The van der Waals surface area contributed by atoms with Crippen LogP contribution in [0.15, 0.2) is 77.8 Å². The molecule has 3 rings (SSSR count). The number of rotatable bonds is 6. The van der Waals surface area contributed by atoms with Gasteiger partial charge in [0.25, 0.3) is 0 Å². The van der Waals surface area contributed by atoms with E-state index in [2.05, 4.69) is 4.99 Å². The largest absolute Gasteiger partial charge is 0.497 e. The van der Waals surface area contributed by atoms with Gasteiger partial charge in [-0.3, -0.25) is 4.99 Å². The minimum absolute atomic E-state index is 0.423. The summed E-state index contributed by atoms with van der Waals surface area (Å²) in [6.07, 6.45) is 1.73. The minimum atomic E-state index is -0.423. The second-order valence-electron chi connectivity index (χ2n) is 5.62. The first-order valence-electron chi connectivity index (χ1n) is 8.33. The third-order valence-electron chi connectivity index (χ3n) is 3.85. The van der Waals surface area contributed by atoms with Crippen LogP contribution in [0.25, 0.3) is 0 Å². The Kier molecular flexibility index (Phi) is 5.84. The second kappa shape index (κ2) is 8.67. The van der Waals surface area contributed by atoms with Gasteiger partial charge in [0.05, 0.1) is 19.8 Å². The molecular formula is C22H19NO4. The summed E-state index contributed by atoms with van der Waals surface area (Å²) in [6, 6.07) is 21.4. The number of carbonyl (C=O) groups excluding carboxylic acids is 1. The number of carbonyl (C=O) groups is 1. The average molecular weight is 361 g/mol. The molecule has 3 aromatic carbocycles. The van der Waals surface area contributed by atoms with Crippen LogP contribution in [0.5, 0.6) is 17.2 Å². The first kappa shape index (κ1) is 18.2. The van der Waals surface area contributed by atoms with E-state index >= 15 is 0 Å². The van der Waals surface area contributed by atoms with Crippen molar-refractivity contribution in [3.63, 3.8) is 0 Å². The average Bonchev–Trinajstić information content (AvgIpc) is 2.73. The zero-order valence-electron chi connectivity index (χ0n) is 15.1. The highest BCUT2D eigenvalue weighted by molar-refractivity contribution is 5.91. The Morgan fingerprint density at radius 1 is 0.815 bits per heavy atom. The summed E-state index contributed by atoms with van der Waals surface area (Å²) in [4.78, 5) is 16.6. The number of benzene rings is 3. The molecule has 0 bridgehead atoms. The maximum atomic E-state index is 12.2. The first-order chi connectivity index (χ1) is 13.2. The van der Waals surface area contributed by atoms with E-state index in [4.69, 9.17) is 14.2 Å². The van der Waals surface area contributed by atoms with E-state index in [9.17, 15) is 4.79 Å². The number of hydrogen-bond acceptors (Lipinski definition) is 5. The highest BCUT2D eigenvalue weighted by Gasteiger charge is 2.08. The van der Waals surface area contributed by atoms with Crippen molar-refractivity contribution >= 4 is 17.9 Å². The van der Waals surface area contributed by atoms with Gasteiger partial charge in [0, 0.05) is 6.21 Å². The standard InChI is InChI=1S/C22H19NO4/c1-25-18-13-9-17(10-14-18)22(24)27-19-11-7-16(8-12-19)15-23-20-5-3-4-6-21(20)26-2/h3-15H,1-2H3. The van der Waals surface area contributed by atoms with Gasteiger partial charge in [-0.1, -0.05) is 12.1 Å². The Balaban J connectivity index is 1.66. The van der Waals surface area contributed by atoms with Gasteiger partial charge in [0.2, 0.25) is 0 Å². The van der Waals surface area contributed by atoms with Crippen molar-refractivity contribution in [3.05, 3.63) is 83.9 Å². The van der Waals surface area contributed by atoms with Crippen LogP contribution in [-0.2, 0) is 0 Å². The normalized spacial score (nSPS) is 10.6. The summed E-state index contributed by atoms with van der Waals surface area (Å²) in [5.41, 5.74) is 2.08. The van der Waals surface area contributed by atoms with Crippen LogP contribution in [-0.4, -0.2) is 26.4 Å². The molecule has 0 atom stereocenters. The summed E-state index contributed by atoms with van der Waals surface area (Å²) in [7, 11) is 3.19. The van der Waals surface area contributed by atoms with Crippen LogP contribution >= 0.6 is 0 Å².